The molecule has 1 fully saturated rings. The minimum absolute atomic E-state index is 0.0333. The molecule has 154 valence electrons. The third-order valence-electron chi connectivity index (χ3n) is 4.35. The van der Waals surface area contributed by atoms with Gasteiger partial charge in [-0.1, -0.05) is 11.6 Å². The van der Waals surface area contributed by atoms with E-state index in [0.717, 1.165) is 18.9 Å². The second kappa shape index (κ2) is 8.87. The summed E-state index contributed by atoms with van der Waals surface area (Å²) in [6.45, 7) is 0.827. The van der Waals surface area contributed by atoms with Crippen LogP contribution in [0.1, 0.15) is 23.2 Å². The van der Waals surface area contributed by atoms with Gasteiger partial charge in [0.25, 0.3) is 11.6 Å². The molecule has 11 heteroatoms. The van der Waals surface area contributed by atoms with Gasteiger partial charge in [0.1, 0.15) is 5.56 Å². The average molecular weight is 440 g/mol. The molecule has 0 spiro atoms. The zero-order valence-corrected chi connectivity index (χ0v) is 16.7. The van der Waals surface area contributed by atoms with E-state index in [9.17, 15) is 23.3 Å². The molecule has 0 saturated carbocycles. The van der Waals surface area contributed by atoms with E-state index in [1.807, 2.05) is 0 Å². The third-order valence-corrected chi connectivity index (χ3v) is 6.02. The lowest BCUT2D eigenvalue weighted by Gasteiger charge is -2.12. The Balaban J connectivity index is 1.69. The van der Waals surface area contributed by atoms with Crippen LogP contribution in [0.15, 0.2) is 47.4 Å². The Morgan fingerprint density at radius 3 is 2.59 bits per heavy atom. The minimum atomic E-state index is -3.71. The lowest BCUT2D eigenvalue weighted by molar-refractivity contribution is -0.385. The number of nitro groups is 1. The highest BCUT2D eigenvalue weighted by Gasteiger charge is 2.22. The van der Waals surface area contributed by atoms with Crippen molar-refractivity contribution in [2.45, 2.75) is 23.8 Å². The van der Waals surface area contributed by atoms with Crippen LogP contribution in [0.5, 0.6) is 0 Å². The average Bonchev–Trinajstić information content (AvgIpc) is 3.20. The summed E-state index contributed by atoms with van der Waals surface area (Å²) in [5.41, 5.74) is -0.292. The summed E-state index contributed by atoms with van der Waals surface area (Å²) >= 11 is 5.75. The molecular formula is C18H18ClN3O6S. The molecule has 29 heavy (non-hydrogen) atoms. The molecular weight excluding hydrogens is 422 g/mol. The molecule has 0 aliphatic carbocycles. The van der Waals surface area contributed by atoms with E-state index in [0.29, 0.717) is 6.61 Å². The first-order chi connectivity index (χ1) is 13.8. The highest BCUT2D eigenvalue weighted by Crippen LogP contribution is 2.24. The van der Waals surface area contributed by atoms with Crippen molar-refractivity contribution in [1.29, 1.82) is 0 Å². The number of halogens is 1. The predicted octanol–water partition coefficient (Wildman–Crippen LogP) is 2.96. The lowest BCUT2D eigenvalue weighted by Crippen LogP contribution is -2.31. The molecule has 3 rings (SSSR count). The number of ether oxygens (including phenoxy) is 1. The van der Waals surface area contributed by atoms with E-state index in [1.54, 1.807) is 0 Å². The topological polar surface area (TPSA) is 128 Å². The van der Waals surface area contributed by atoms with Crippen LogP contribution < -0.4 is 10.0 Å². The number of carbonyl (C=O) groups is 1. The maximum atomic E-state index is 12.4. The van der Waals surface area contributed by atoms with Gasteiger partial charge in [0, 0.05) is 29.9 Å². The molecule has 0 aromatic heterocycles. The van der Waals surface area contributed by atoms with Crippen LogP contribution in [-0.4, -0.2) is 38.5 Å². The molecule has 2 aromatic rings. The van der Waals surface area contributed by atoms with E-state index in [-0.39, 0.29) is 33.8 Å². The summed E-state index contributed by atoms with van der Waals surface area (Å²) in [4.78, 5) is 22.8. The highest BCUT2D eigenvalue weighted by atomic mass is 35.5. The van der Waals surface area contributed by atoms with E-state index < -0.39 is 26.5 Å². The molecule has 0 unspecified atom stereocenters. The first-order valence-electron chi connectivity index (χ1n) is 8.73. The number of hydrogen-bond donors (Lipinski definition) is 2. The molecule has 0 bridgehead atoms. The normalized spacial score (nSPS) is 16.5. The molecule has 1 saturated heterocycles. The smallest absolute Gasteiger partial charge is 0.283 e. The zero-order valence-electron chi connectivity index (χ0n) is 15.1. The van der Waals surface area contributed by atoms with Crippen LogP contribution in [-0.2, 0) is 14.8 Å². The maximum absolute atomic E-state index is 12.4. The van der Waals surface area contributed by atoms with Gasteiger partial charge in [-0.15, -0.1) is 0 Å². The third kappa shape index (κ3) is 5.30. The summed E-state index contributed by atoms with van der Waals surface area (Å²) < 4.78 is 32.6. The fourth-order valence-corrected chi connectivity index (χ4v) is 4.09. The number of sulfonamides is 1. The molecule has 2 aromatic carbocycles. The monoisotopic (exact) mass is 439 g/mol. The fraction of sp³-hybridized carbons (Fsp3) is 0.278. The van der Waals surface area contributed by atoms with Crippen molar-refractivity contribution in [3.8, 4) is 0 Å². The van der Waals surface area contributed by atoms with Crippen molar-refractivity contribution in [2.75, 3.05) is 18.5 Å². The van der Waals surface area contributed by atoms with E-state index >= 15 is 0 Å². The molecule has 9 nitrogen and oxygen atoms in total. The number of carbonyl (C=O) groups excluding carboxylic acids is 1. The largest absolute Gasteiger partial charge is 0.377 e. The van der Waals surface area contributed by atoms with E-state index in [4.69, 9.17) is 16.3 Å². The Kier molecular flexibility index (Phi) is 6.48. The molecule has 1 aliphatic heterocycles. The Hall–Kier alpha value is -2.53. The molecule has 1 heterocycles. The number of amides is 1. The van der Waals surface area contributed by atoms with Gasteiger partial charge in [0.2, 0.25) is 10.0 Å². The van der Waals surface area contributed by atoms with Crippen LogP contribution >= 0.6 is 11.6 Å². The zero-order chi connectivity index (χ0) is 21.0. The number of hydrogen-bond acceptors (Lipinski definition) is 6. The van der Waals surface area contributed by atoms with Gasteiger partial charge in [0.15, 0.2) is 0 Å². The fourth-order valence-electron chi connectivity index (χ4n) is 2.86. The minimum Gasteiger partial charge on any atom is -0.377 e. The second-order valence-corrected chi connectivity index (χ2v) is 8.59. The Bertz CT molecular complexity index is 1020. The molecule has 1 amide bonds. The van der Waals surface area contributed by atoms with Crippen LogP contribution in [0.3, 0.4) is 0 Å². The van der Waals surface area contributed by atoms with E-state index in [1.165, 1.54) is 36.4 Å². The Morgan fingerprint density at radius 2 is 1.97 bits per heavy atom. The van der Waals surface area contributed by atoms with Crippen molar-refractivity contribution in [1.82, 2.24) is 4.72 Å². The first-order valence-corrected chi connectivity index (χ1v) is 10.6. The number of anilines is 1. The van der Waals surface area contributed by atoms with Crippen LogP contribution in [0, 0.1) is 10.1 Å². The van der Waals surface area contributed by atoms with Crippen LogP contribution in [0.2, 0.25) is 5.02 Å². The van der Waals surface area contributed by atoms with Gasteiger partial charge >= 0.3 is 0 Å². The standard InChI is InChI=1S/C18H18ClN3O6S/c19-12-3-8-16(17(10-12)22(24)25)18(23)21-13-4-6-15(7-5-13)29(26,27)20-11-14-2-1-9-28-14/h3-8,10,14,20H,1-2,9,11H2,(H,21,23)/t14-/m0/s1. The van der Waals surface area contributed by atoms with Gasteiger partial charge in [-0.3, -0.25) is 14.9 Å². The van der Waals surface area contributed by atoms with Gasteiger partial charge < -0.3 is 10.1 Å². The first kappa shape index (κ1) is 21.2. The summed E-state index contributed by atoms with van der Waals surface area (Å²) in [5, 5.41) is 13.8. The summed E-state index contributed by atoms with van der Waals surface area (Å²) in [5.74, 6) is -0.708. The van der Waals surface area contributed by atoms with Gasteiger partial charge in [-0.05, 0) is 49.2 Å². The Morgan fingerprint density at radius 1 is 1.24 bits per heavy atom. The van der Waals surface area contributed by atoms with Gasteiger partial charge in [0.05, 0.1) is 15.9 Å². The highest BCUT2D eigenvalue weighted by molar-refractivity contribution is 7.89. The number of nitro benzene ring substituents is 1. The predicted molar refractivity (Wildman–Crippen MR) is 107 cm³/mol. The Labute approximate surface area is 172 Å². The SMILES string of the molecule is O=C(Nc1ccc(S(=O)(=O)NC[C@@H]2CCCO2)cc1)c1ccc(Cl)cc1[N+](=O)[O-]. The number of rotatable bonds is 7. The van der Waals surface area contributed by atoms with Gasteiger partial charge in [-0.2, -0.15) is 0 Å². The molecule has 1 atom stereocenters. The number of nitrogens with one attached hydrogen (secondary N) is 2. The number of benzene rings is 2. The molecule has 0 radical (unpaired) electrons. The molecule has 1 aliphatic rings. The maximum Gasteiger partial charge on any atom is 0.283 e. The van der Waals surface area contributed by atoms with Crippen molar-refractivity contribution >= 4 is 38.9 Å². The van der Waals surface area contributed by atoms with Crippen molar-refractivity contribution in [3.05, 3.63) is 63.2 Å². The lowest BCUT2D eigenvalue weighted by atomic mass is 10.1. The van der Waals surface area contributed by atoms with Crippen molar-refractivity contribution in [2.24, 2.45) is 0 Å². The quantitative estimate of drug-likeness (QED) is 0.504. The summed E-state index contributed by atoms with van der Waals surface area (Å²) in [6, 6.07) is 9.20. The van der Waals surface area contributed by atoms with Crippen molar-refractivity contribution < 1.29 is 22.9 Å². The van der Waals surface area contributed by atoms with Crippen molar-refractivity contribution in [3.63, 3.8) is 0 Å². The summed E-state index contributed by atoms with van der Waals surface area (Å²) in [6.07, 6.45) is 1.59. The second-order valence-electron chi connectivity index (χ2n) is 6.38. The van der Waals surface area contributed by atoms with Crippen LogP contribution in [0.25, 0.3) is 0 Å². The molecule has 2 N–H and O–H groups in total. The number of nitrogens with zero attached hydrogens (tertiary/aromatic N) is 1. The summed E-state index contributed by atoms with van der Waals surface area (Å²) in [7, 11) is -3.71. The van der Waals surface area contributed by atoms with Gasteiger partial charge in [-0.25, -0.2) is 13.1 Å². The van der Waals surface area contributed by atoms with Crippen LogP contribution in [0.4, 0.5) is 11.4 Å². The van der Waals surface area contributed by atoms with E-state index in [2.05, 4.69) is 10.0 Å².